The number of carbonyl (C=O) groups is 1. The Hall–Kier alpha value is -3.25. The molecule has 136 valence electrons. The smallest absolute Gasteiger partial charge is 0.237 e. The summed E-state index contributed by atoms with van der Waals surface area (Å²) in [5.74, 6) is 2.29. The van der Waals surface area contributed by atoms with Gasteiger partial charge in [0.1, 0.15) is 5.41 Å². The number of unbranched alkanes of at least 4 members (excludes halogenated alkanes) is 2. The fourth-order valence-electron chi connectivity index (χ4n) is 3.63. The standard InChI is InChI=1S/C24H24N2O/c1-2-3-4-11-17-26-18-16-22(19-26)24(23(25)27,20-12-7-5-8-13-20)21-14-9-6-10-15-21/h1,5-10,12-16,18-19H,3-4,11,17H2,(H2,25,27). The summed E-state index contributed by atoms with van der Waals surface area (Å²) in [5.41, 5.74) is 7.64. The fourth-order valence-corrected chi connectivity index (χ4v) is 3.63. The predicted octanol–water partition coefficient (Wildman–Crippen LogP) is 4.11. The lowest BCUT2D eigenvalue weighted by atomic mass is 9.69. The molecule has 0 atom stereocenters. The summed E-state index contributed by atoms with van der Waals surface area (Å²) in [4.78, 5) is 12.9. The van der Waals surface area contributed by atoms with Gasteiger partial charge in [-0.3, -0.25) is 4.79 Å². The van der Waals surface area contributed by atoms with E-state index < -0.39 is 5.41 Å². The normalized spacial score (nSPS) is 11.1. The van der Waals surface area contributed by atoms with E-state index in [4.69, 9.17) is 12.2 Å². The number of benzene rings is 2. The molecule has 27 heavy (non-hydrogen) atoms. The van der Waals surface area contributed by atoms with Gasteiger partial charge in [0.15, 0.2) is 0 Å². The Balaban J connectivity index is 2.07. The topological polar surface area (TPSA) is 48.0 Å². The van der Waals surface area contributed by atoms with E-state index in [1.165, 1.54) is 0 Å². The van der Waals surface area contributed by atoms with Gasteiger partial charge < -0.3 is 10.3 Å². The number of amides is 1. The minimum absolute atomic E-state index is 0.384. The molecule has 0 saturated heterocycles. The number of aryl methyl sites for hydroxylation is 1. The molecule has 0 aliphatic carbocycles. The average Bonchev–Trinajstić information content (AvgIpc) is 3.16. The van der Waals surface area contributed by atoms with Gasteiger partial charge in [-0.2, -0.15) is 0 Å². The van der Waals surface area contributed by atoms with Crippen LogP contribution in [-0.2, 0) is 16.8 Å². The van der Waals surface area contributed by atoms with Crippen molar-refractivity contribution in [1.82, 2.24) is 4.57 Å². The molecule has 3 aromatic rings. The number of hydrogen-bond acceptors (Lipinski definition) is 1. The van der Waals surface area contributed by atoms with Crippen LogP contribution in [0.3, 0.4) is 0 Å². The van der Waals surface area contributed by atoms with Crippen molar-refractivity contribution in [3.63, 3.8) is 0 Å². The third-order valence-corrected chi connectivity index (χ3v) is 4.95. The van der Waals surface area contributed by atoms with E-state index in [1.54, 1.807) is 0 Å². The van der Waals surface area contributed by atoms with Crippen LogP contribution in [-0.4, -0.2) is 10.5 Å². The highest BCUT2D eigenvalue weighted by atomic mass is 16.1. The molecule has 3 nitrogen and oxygen atoms in total. The molecular weight excluding hydrogens is 332 g/mol. The number of rotatable bonds is 8. The maximum atomic E-state index is 12.9. The van der Waals surface area contributed by atoms with Crippen LogP contribution in [0.2, 0.25) is 0 Å². The highest BCUT2D eigenvalue weighted by molar-refractivity contribution is 5.94. The van der Waals surface area contributed by atoms with Crippen LogP contribution >= 0.6 is 0 Å². The number of nitrogens with zero attached hydrogens (tertiary/aromatic N) is 1. The molecule has 1 aromatic heterocycles. The van der Waals surface area contributed by atoms with Gasteiger partial charge in [0.2, 0.25) is 5.91 Å². The molecule has 0 bridgehead atoms. The molecule has 1 heterocycles. The van der Waals surface area contributed by atoms with Crippen molar-refractivity contribution in [2.75, 3.05) is 0 Å². The van der Waals surface area contributed by atoms with Gasteiger partial charge in [0.25, 0.3) is 0 Å². The van der Waals surface area contributed by atoms with Crippen molar-refractivity contribution >= 4 is 5.91 Å². The Morgan fingerprint density at radius 2 is 1.52 bits per heavy atom. The van der Waals surface area contributed by atoms with Crippen LogP contribution in [0.5, 0.6) is 0 Å². The van der Waals surface area contributed by atoms with E-state index in [2.05, 4.69) is 10.5 Å². The summed E-state index contributed by atoms with van der Waals surface area (Å²) >= 11 is 0. The van der Waals surface area contributed by atoms with E-state index in [0.717, 1.165) is 42.5 Å². The van der Waals surface area contributed by atoms with E-state index >= 15 is 0 Å². The molecular formula is C24H24N2O. The van der Waals surface area contributed by atoms with Gasteiger partial charge in [-0.25, -0.2) is 0 Å². The number of terminal acetylenes is 1. The predicted molar refractivity (Wildman–Crippen MR) is 109 cm³/mol. The molecule has 0 unspecified atom stereocenters. The van der Waals surface area contributed by atoms with Crippen molar-refractivity contribution in [2.45, 2.75) is 31.2 Å². The minimum Gasteiger partial charge on any atom is -0.368 e. The first kappa shape index (κ1) is 18.5. The molecule has 0 aliphatic rings. The second kappa shape index (κ2) is 8.42. The van der Waals surface area contributed by atoms with Crippen molar-refractivity contribution in [1.29, 1.82) is 0 Å². The van der Waals surface area contributed by atoms with E-state index in [9.17, 15) is 4.79 Å². The summed E-state index contributed by atoms with van der Waals surface area (Å²) in [7, 11) is 0. The highest BCUT2D eigenvalue weighted by Gasteiger charge is 2.42. The lowest BCUT2D eigenvalue weighted by Crippen LogP contribution is -2.43. The van der Waals surface area contributed by atoms with Crippen LogP contribution in [0, 0.1) is 12.3 Å². The third kappa shape index (κ3) is 3.66. The molecule has 0 radical (unpaired) electrons. The quantitative estimate of drug-likeness (QED) is 0.479. The maximum absolute atomic E-state index is 12.9. The number of carbonyl (C=O) groups excluding carboxylic acids is 1. The zero-order chi connectivity index (χ0) is 19.1. The van der Waals surface area contributed by atoms with Crippen LogP contribution in [0.25, 0.3) is 0 Å². The van der Waals surface area contributed by atoms with Gasteiger partial charge in [-0.15, -0.1) is 12.3 Å². The summed E-state index contributed by atoms with van der Waals surface area (Å²) in [6, 6.07) is 21.5. The van der Waals surface area contributed by atoms with Crippen LogP contribution < -0.4 is 5.73 Å². The van der Waals surface area contributed by atoms with Gasteiger partial charge in [-0.05, 0) is 35.6 Å². The number of primary amides is 1. The lowest BCUT2D eigenvalue weighted by Gasteiger charge is -2.31. The van der Waals surface area contributed by atoms with Crippen molar-refractivity contribution < 1.29 is 4.79 Å². The van der Waals surface area contributed by atoms with Crippen LogP contribution in [0.1, 0.15) is 36.0 Å². The molecule has 1 amide bonds. The minimum atomic E-state index is -1.02. The molecule has 0 spiro atoms. The Kier molecular flexibility index (Phi) is 5.78. The van der Waals surface area contributed by atoms with Crippen LogP contribution in [0.4, 0.5) is 0 Å². The maximum Gasteiger partial charge on any atom is 0.237 e. The van der Waals surface area contributed by atoms with Crippen molar-refractivity contribution in [3.8, 4) is 12.3 Å². The Labute approximate surface area is 160 Å². The van der Waals surface area contributed by atoms with Gasteiger partial charge in [0, 0.05) is 25.4 Å². The fraction of sp³-hybridized carbons (Fsp3) is 0.208. The first-order chi connectivity index (χ1) is 13.2. The molecule has 0 saturated carbocycles. The summed E-state index contributed by atoms with van der Waals surface area (Å²) in [5, 5.41) is 0. The number of nitrogens with two attached hydrogens (primary N) is 1. The van der Waals surface area contributed by atoms with Crippen molar-refractivity contribution in [3.05, 3.63) is 95.8 Å². The molecule has 2 N–H and O–H groups in total. The van der Waals surface area contributed by atoms with E-state index in [-0.39, 0.29) is 5.91 Å². The molecule has 0 aliphatic heterocycles. The summed E-state index contributed by atoms with van der Waals surface area (Å²) in [6.07, 6.45) is 12.1. The zero-order valence-corrected chi connectivity index (χ0v) is 15.3. The molecule has 2 aromatic carbocycles. The van der Waals surface area contributed by atoms with E-state index in [1.807, 2.05) is 79.1 Å². The molecule has 3 rings (SSSR count). The average molecular weight is 356 g/mol. The lowest BCUT2D eigenvalue weighted by molar-refractivity contribution is -0.120. The monoisotopic (exact) mass is 356 g/mol. The van der Waals surface area contributed by atoms with Gasteiger partial charge >= 0.3 is 0 Å². The zero-order valence-electron chi connectivity index (χ0n) is 15.3. The SMILES string of the molecule is C#CCCCCn1ccc(C(C(N)=O)(c2ccccc2)c2ccccc2)c1. The first-order valence-corrected chi connectivity index (χ1v) is 9.20. The number of aromatic nitrogens is 1. The van der Waals surface area contributed by atoms with Gasteiger partial charge in [-0.1, -0.05) is 60.7 Å². The summed E-state index contributed by atoms with van der Waals surface area (Å²) in [6.45, 7) is 0.861. The Morgan fingerprint density at radius 3 is 2.04 bits per heavy atom. The second-order valence-corrected chi connectivity index (χ2v) is 6.65. The van der Waals surface area contributed by atoms with E-state index in [0.29, 0.717) is 0 Å². The Morgan fingerprint density at radius 1 is 0.926 bits per heavy atom. The summed E-state index contributed by atoms with van der Waals surface area (Å²) < 4.78 is 2.11. The highest BCUT2D eigenvalue weighted by Crippen LogP contribution is 2.39. The molecule has 3 heteroatoms. The third-order valence-electron chi connectivity index (χ3n) is 4.95. The second-order valence-electron chi connectivity index (χ2n) is 6.65. The van der Waals surface area contributed by atoms with Crippen molar-refractivity contribution in [2.24, 2.45) is 5.73 Å². The number of hydrogen-bond donors (Lipinski definition) is 1. The largest absolute Gasteiger partial charge is 0.368 e. The van der Waals surface area contributed by atoms with Crippen LogP contribution in [0.15, 0.2) is 79.1 Å². The molecule has 0 fully saturated rings. The van der Waals surface area contributed by atoms with Gasteiger partial charge in [0.05, 0.1) is 0 Å². The Bertz CT molecular complexity index is 880. The first-order valence-electron chi connectivity index (χ1n) is 9.20.